The maximum Gasteiger partial charge on any atom is 0.329 e. The Morgan fingerprint density at radius 3 is 2.60 bits per heavy atom. The van der Waals surface area contributed by atoms with Crippen LogP contribution in [0, 0.1) is 0 Å². The van der Waals surface area contributed by atoms with E-state index in [4.69, 9.17) is 4.74 Å². The third-order valence-electron chi connectivity index (χ3n) is 3.14. The molecule has 0 saturated heterocycles. The molecular formula is C18H18BrN3O3. The highest BCUT2D eigenvalue weighted by atomic mass is 79.9. The highest BCUT2D eigenvalue weighted by Crippen LogP contribution is 2.25. The molecule has 0 aliphatic rings. The summed E-state index contributed by atoms with van der Waals surface area (Å²) in [4.78, 5) is 23.4. The van der Waals surface area contributed by atoms with E-state index in [1.807, 2.05) is 37.3 Å². The molecule has 0 atom stereocenters. The largest absolute Gasteiger partial charge is 0.493 e. The Kier molecular flexibility index (Phi) is 7.16. The fraction of sp³-hybridized carbons (Fsp3) is 0.167. The van der Waals surface area contributed by atoms with Crippen molar-refractivity contribution in [3.63, 3.8) is 0 Å². The quantitative estimate of drug-likeness (QED) is 0.441. The first-order valence-corrected chi connectivity index (χ1v) is 8.47. The van der Waals surface area contributed by atoms with Gasteiger partial charge in [-0.1, -0.05) is 30.3 Å². The summed E-state index contributed by atoms with van der Waals surface area (Å²) in [6.45, 7) is 2.75. The second-order valence-corrected chi connectivity index (χ2v) is 5.84. The van der Waals surface area contributed by atoms with Crippen molar-refractivity contribution in [1.29, 1.82) is 0 Å². The molecule has 0 bridgehead atoms. The summed E-state index contributed by atoms with van der Waals surface area (Å²) < 4.78 is 6.20. The normalized spacial score (nSPS) is 10.5. The first kappa shape index (κ1) is 18.7. The topological polar surface area (TPSA) is 79.8 Å². The lowest BCUT2D eigenvalue weighted by atomic mass is 10.2. The minimum Gasteiger partial charge on any atom is -0.493 e. The smallest absolute Gasteiger partial charge is 0.329 e. The van der Waals surface area contributed by atoms with Crippen LogP contribution in [-0.4, -0.2) is 24.6 Å². The molecule has 2 aromatic rings. The van der Waals surface area contributed by atoms with Crippen molar-refractivity contribution in [2.75, 3.05) is 6.61 Å². The van der Waals surface area contributed by atoms with Crippen LogP contribution in [0.25, 0.3) is 0 Å². The van der Waals surface area contributed by atoms with Gasteiger partial charge in [-0.3, -0.25) is 9.59 Å². The number of amides is 2. The molecule has 6 nitrogen and oxygen atoms in total. The van der Waals surface area contributed by atoms with Gasteiger partial charge in [0.05, 0.1) is 17.3 Å². The van der Waals surface area contributed by atoms with E-state index in [0.717, 1.165) is 21.3 Å². The van der Waals surface area contributed by atoms with E-state index >= 15 is 0 Å². The van der Waals surface area contributed by atoms with Crippen LogP contribution in [0.15, 0.2) is 58.1 Å². The van der Waals surface area contributed by atoms with E-state index in [2.05, 4.69) is 31.8 Å². The van der Waals surface area contributed by atoms with Gasteiger partial charge < -0.3 is 10.1 Å². The molecule has 0 heterocycles. The van der Waals surface area contributed by atoms with Gasteiger partial charge in [0, 0.05) is 6.54 Å². The summed E-state index contributed by atoms with van der Waals surface area (Å²) in [7, 11) is 0. The van der Waals surface area contributed by atoms with Gasteiger partial charge >= 0.3 is 11.8 Å². The van der Waals surface area contributed by atoms with Crippen LogP contribution < -0.4 is 15.5 Å². The molecule has 2 N–H and O–H groups in total. The lowest BCUT2D eigenvalue weighted by Crippen LogP contribution is -2.37. The number of hydrogen-bond acceptors (Lipinski definition) is 4. The number of benzene rings is 2. The zero-order chi connectivity index (χ0) is 18.1. The molecule has 7 heteroatoms. The summed E-state index contributed by atoms with van der Waals surface area (Å²) in [6, 6.07) is 14.7. The van der Waals surface area contributed by atoms with Gasteiger partial charge in [0.25, 0.3) is 0 Å². The van der Waals surface area contributed by atoms with Crippen LogP contribution in [0.3, 0.4) is 0 Å². The average Bonchev–Trinajstić information content (AvgIpc) is 2.62. The predicted octanol–water partition coefficient (Wildman–Crippen LogP) is 2.61. The van der Waals surface area contributed by atoms with Crippen LogP contribution in [0.1, 0.15) is 18.1 Å². The van der Waals surface area contributed by atoms with Crippen LogP contribution in [0.2, 0.25) is 0 Å². The van der Waals surface area contributed by atoms with Crippen molar-refractivity contribution in [1.82, 2.24) is 10.7 Å². The Bertz CT molecular complexity index is 763. The Morgan fingerprint density at radius 2 is 1.92 bits per heavy atom. The van der Waals surface area contributed by atoms with Gasteiger partial charge in [0.15, 0.2) is 0 Å². The van der Waals surface area contributed by atoms with Gasteiger partial charge in [-0.2, -0.15) is 5.10 Å². The number of rotatable bonds is 6. The highest BCUT2D eigenvalue weighted by molar-refractivity contribution is 9.10. The van der Waals surface area contributed by atoms with Crippen molar-refractivity contribution in [2.45, 2.75) is 13.5 Å². The Balaban J connectivity index is 1.83. The SMILES string of the molecule is CCOc1ccc(/C=N\NC(=O)C(=O)NCc2ccccc2)cc1Br. The number of carbonyl (C=O) groups excluding carboxylic acids is 2. The predicted molar refractivity (Wildman–Crippen MR) is 99.3 cm³/mol. The van der Waals surface area contributed by atoms with E-state index < -0.39 is 11.8 Å². The molecule has 0 spiro atoms. The maximum atomic E-state index is 11.7. The first-order valence-electron chi connectivity index (χ1n) is 7.67. The molecular weight excluding hydrogens is 386 g/mol. The second kappa shape index (κ2) is 9.58. The monoisotopic (exact) mass is 403 g/mol. The summed E-state index contributed by atoms with van der Waals surface area (Å²) >= 11 is 3.40. The zero-order valence-electron chi connectivity index (χ0n) is 13.7. The zero-order valence-corrected chi connectivity index (χ0v) is 15.2. The Labute approximate surface area is 154 Å². The second-order valence-electron chi connectivity index (χ2n) is 4.99. The van der Waals surface area contributed by atoms with E-state index in [1.165, 1.54) is 6.21 Å². The summed E-state index contributed by atoms with van der Waals surface area (Å²) in [5.41, 5.74) is 3.86. The highest BCUT2D eigenvalue weighted by Gasteiger charge is 2.11. The fourth-order valence-corrected chi connectivity index (χ4v) is 2.46. The summed E-state index contributed by atoms with van der Waals surface area (Å²) in [5.74, 6) is -0.838. The lowest BCUT2D eigenvalue weighted by molar-refractivity contribution is -0.139. The van der Waals surface area contributed by atoms with Crippen LogP contribution in [0.5, 0.6) is 5.75 Å². The van der Waals surface area contributed by atoms with Crippen molar-refractivity contribution in [2.24, 2.45) is 5.10 Å². The van der Waals surface area contributed by atoms with Gasteiger partial charge in [-0.05, 0) is 52.2 Å². The number of ether oxygens (including phenoxy) is 1. The van der Waals surface area contributed by atoms with E-state index in [1.54, 1.807) is 18.2 Å². The standard InChI is InChI=1S/C18H18BrN3O3/c1-2-25-16-9-8-14(10-15(16)19)12-21-22-18(24)17(23)20-11-13-6-4-3-5-7-13/h3-10,12H,2,11H2,1H3,(H,20,23)(H,22,24)/b21-12-. The first-order chi connectivity index (χ1) is 12.1. The van der Waals surface area contributed by atoms with Gasteiger partial charge in [0.1, 0.15) is 5.75 Å². The summed E-state index contributed by atoms with van der Waals surface area (Å²) in [6.07, 6.45) is 1.45. The van der Waals surface area contributed by atoms with E-state index in [0.29, 0.717) is 6.61 Å². The van der Waals surface area contributed by atoms with Gasteiger partial charge in [-0.25, -0.2) is 5.43 Å². The van der Waals surface area contributed by atoms with Gasteiger partial charge in [0.2, 0.25) is 0 Å². The summed E-state index contributed by atoms with van der Waals surface area (Å²) in [5, 5.41) is 6.32. The molecule has 25 heavy (non-hydrogen) atoms. The molecule has 0 aromatic heterocycles. The minimum atomic E-state index is -0.822. The number of hydrazone groups is 1. The molecule has 2 rings (SSSR count). The average molecular weight is 404 g/mol. The van der Waals surface area contributed by atoms with E-state index in [-0.39, 0.29) is 6.54 Å². The van der Waals surface area contributed by atoms with Crippen LogP contribution >= 0.6 is 15.9 Å². The number of halogens is 1. The van der Waals surface area contributed by atoms with Crippen molar-refractivity contribution in [3.8, 4) is 5.75 Å². The molecule has 130 valence electrons. The third kappa shape index (κ3) is 6.04. The molecule has 0 aliphatic heterocycles. The molecule has 2 aromatic carbocycles. The number of hydrogen-bond donors (Lipinski definition) is 2. The van der Waals surface area contributed by atoms with Crippen LogP contribution in [0.4, 0.5) is 0 Å². The van der Waals surface area contributed by atoms with Gasteiger partial charge in [-0.15, -0.1) is 0 Å². The van der Waals surface area contributed by atoms with Crippen LogP contribution in [-0.2, 0) is 16.1 Å². The van der Waals surface area contributed by atoms with E-state index in [9.17, 15) is 9.59 Å². The number of carbonyl (C=O) groups is 2. The number of nitrogens with zero attached hydrogens (tertiary/aromatic N) is 1. The maximum absolute atomic E-state index is 11.7. The molecule has 0 saturated carbocycles. The third-order valence-corrected chi connectivity index (χ3v) is 3.76. The van der Waals surface area contributed by atoms with Crippen molar-refractivity contribution < 1.29 is 14.3 Å². The molecule has 0 fully saturated rings. The van der Waals surface area contributed by atoms with Crippen molar-refractivity contribution in [3.05, 3.63) is 64.1 Å². The number of nitrogens with one attached hydrogen (secondary N) is 2. The lowest BCUT2D eigenvalue weighted by Gasteiger charge is -2.06. The minimum absolute atomic E-state index is 0.280. The molecule has 0 unspecified atom stereocenters. The Hall–Kier alpha value is -2.67. The van der Waals surface area contributed by atoms with Crippen molar-refractivity contribution >= 4 is 34.0 Å². The molecule has 0 radical (unpaired) electrons. The molecule has 2 amide bonds. The molecule has 0 aliphatic carbocycles. The fourth-order valence-electron chi connectivity index (χ4n) is 1.94. The Morgan fingerprint density at radius 1 is 1.16 bits per heavy atom.